The second-order valence-electron chi connectivity index (χ2n) is 7.22. The van der Waals surface area contributed by atoms with Crippen molar-refractivity contribution in [2.45, 2.75) is 23.9 Å². The van der Waals surface area contributed by atoms with Crippen molar-refractivity contribution in [2.75, 3.05) is 5.32 Å². The number of para-hydroxylation sites is 2. The van der Waals surface area contributed by atoms with Crippen LogP contribution in [-0.4, -0.2) is 30.8 Å². The number of thioether (sulfide) groups is 1. The van der Waals surface area contributed by atoms with Gasteiger partial charge >= 0.3 is 0 Å². The van der Waals surface area contributed by atoms with Gasteiger partial charge in [0.1, 0.15) is 12.4 Å². The molecule has 0 aliphatic carbocycles. The molecule has 10 heteroatoms. The summed E-state index contributed by atoms with van der Waals surface area (Å²) in [5.41, 5.74) is 1.54. The molecule has 1 unspecified atom stereocenters. The van der Waals surface area contributed by atoms with Gasteiger partial charge in [-0.3, -0.25) is 19.5 Å². The number of hydrogen-bond acceptors (Lipinski definition) is 7. The summed E-state index contributed by atoms with van der Waals surface area (Å²) in [6.07, 6.45) is 0. The normalized spacial score (nSPS) is 11.6. The summed E-state index contributed by atoms with van der Waals surface area (Å²) in [7, 11) is 0. The Kier molecular flexibility index (Phi) is 7.19. The number of amides is 1. The Hall–Kier alpha value is -4.18. The van der Waals surface area contributed by atoms with E-state index in [0.717, 1.165) is 11.4 Å². The summed E-state index contributed by atoms with van der Waals surface area (Å²) in [4.78, 5) is 23.1. The van der Waals surface area contributed by atoms with Gasteiger partial charge in [0, 0.05) is 23.5 Å². The largest absolute Gasteiger partial charge is 0.486 e. The van der Waals surface area contributed by atoms with Crippen LogP contribution < -0.4 is 10.1 Å². The molecule has 0 saturated carbocycles. The zero-order valence-corrected chi connectivity index (χ0v) is 19.0. The minimum Gasteiger partial charge on any atom is -0.486 e. The quantitative estimate of drug-likeness (QED) is 0.209. The first-order chi connectivity index (χ1) is 16.5. The Morgan fingerprint density at radius 2 is 1.68 bits per heavy atom. The molecular formula is C24H21N5O4S. The summed E-state index contributed by atoms with van der Waals surface area (Å²) in [5, 5.41) is 22.4. The van der Waals surface area contributed by atoms with Gasteiger partial charge in [0.2, 0.25) is 5.91 Å². The van der Waals surface area contributed by atoms with Gasteiger partial charge < -0.3 is 10.1 Å². The molecule has 9 nitrogen and oxygen atoms in total. The molecule has 0 spiro atoms. The molecule has 0 aliphatic heterocycles. The van der Waals surface area contributed by atoms with Crippen LogP contribution in [0, 0.1) is 10.1 Å². The molecular weight excluding hydrogens is 454 g/mol. The van der Waals surface area contributed by atoms with Crippen molar-refractivity contribution in [2.24, 2.45) is 0 Å². The predicted octanol–water partition coefficient (Wildman–Crippen LogP) is 4.87. The molecule has 1 aromatic heterocycles. The van der Waals surface area contributed by atoms with Gasteiger partial charge in [-0.15, -0.1) is 10.2 Å². The van der Waals surface area contributed by atoms with Crippen molar-refractivity contribution in [3.8, 4) is 11.4 Å². The highest BCUT2D eigenvalue weighted by Gasteiger charge is 2.21. The van der Waals surface area contributed by atoms with E-state index in [1.165, 1.54) is 36.0 Å². The molecule has 0 bridgehead atoms. The van der Waals surface area contributed by atoms with Crippen molar-refractivity contribution in [3.63, 3.8) is 0 Å². The lowest BCUT2D eigenvalue weighted by Gasteiger charge is -2.14. The highest BCUT2D eigenvalue weighted by Crippen LogP contribution is 2.27. The molecule has 0 aliphatic rings. The van der Waals surface area contributed by atoms with Crippen LogP contribution in [0.1, 0.15) is 12.7 Å². The average molecular weight is 476 g/mol. The third kappa shape index (κ3) is 5.59. The fraction of sp³-hybridized carbons (Fsp3) is 0.125. The average Bonchev–Trinajstić information content (AvgIpc) is 3.26. The first-order valence-corrected chi connectivity index (χ1v) is 11.3. The number of benzene rings is 3. The van der Waals surface area contributed by atoms with Gasteiger partial charge in [0.25, 0.3) is 5.69 Å². The van der Waals surface area contributed by atoms with Crippen LogP contribution in [-0.2, 0) is 11.4 Å². The molecule has 172 valence electrons. The Bertz CT molecular complexity index is 1260. The predicted molar refractivity (Wildman–Crippen MR) is 129 cm³/mol. The lowest BCUT2D eigenvalue weighted by atomic mass is 10.3. The zero-order chi connectivity index (χ0) is 23.9. The third-order valence-electron chi connectivity index (χ3n) is 4.82. The van der Waals surface area contributed by atoms with E-state index >= 15 is 0 Å². The smallest absolute Gasteiger partial charge is 0.269 e. The molecule has 0 saturated heterocycles. The second-order valence-corrected chi connectivity index (χ2v) is 8.53. The van der Waals surface area contributed by atoms with Crippen LogP contribution in [0.5, 0.6) is 5.75 Å². The first kappa shape index (κ1) is 23.0. The fourth-order valence-corrected chi connectivity index (χ4v) is 3.98. The van der Waals surface area contributed by atoms with E-state index in [1.807, 2.05) is 65.2 Å². The number of anilines is 1. The molecule has 1 amide bonds. The Morgan fingerprint density at radius 1 is 1.03 bits per heavy atom. The number of carbonyl (C=O) groups is 1. The number of nitro benzene ring substituents is 1. The van der Waals surface area contributed by atoms with Crippen molar-refractivity contribution in [1.82, 2.24) is 14.8 Å². The number of nitrogens with one attached hydrogen (secondary N) is 1. The van der Waals surface area contributed by atoms with Gasteiger partial charge in [-0.25, -0.2) is 0 Å². The highest BCUT2D eigenvalue weighted by atomic mass is 32.2. The van der Waals surface area contributed by atoms with Gasteiger partial charge in [-0.2, -0.15) is 0 Å². The van der Waals surface area contributed by atoms with E-state index in [9.17, 15) is 14.9 Å². The maximum absolute atomic E-state index is 12.7. The Labute approximate surface area is 199 Å². The number of hydrogen-bond donors (Lipinski definition) is 1. The van der Waals surface area contributed by atoms with Crippen LogP contribution in [0.25, 0.3) is 5.69 Å². The number of carbonyl (C=O) groups excluding carboxylic acids is 1. The van der Waals surface area contributed by atoms with Gasteiger partial charge in [0.15, 0.2) is 11.0 Å². The molecule has 0 fully saturated rings. The van der Waals surface area contributed by atoms with E-state index in [2.05, 4.69) is 15.5 Å². The Morgan fingerprint density at radius 3 is 2.32 bits per heavy atom. The number of nitrogens with zero attached hydrogens (tertiary/aromatic N) is 4. The minimum atomic E-state index is -0.464. The molecule has 1 atom stereocenters. The molecule has 34 heavy (non-hydrogen) atoms. The van der Waals surface area contributed by atoms with Gasteiger partial charge in [-0.05, 0) is 43.3 Å². The summed E-state index contributed by atoms with van der Waals surface area (Å²) in [6.45, 7) is 1.89. The van der Waals surface area contributed by atoms with Crippen molar-refractivity contribution in [1.29, 1.82) is 0 Å². The van der Waals surface area contributed by atoms with E-state index in [-0.39, 0.29) is 18.2 Å². The first-order valence-electron chi connectivity index (χ1n) is 10.4. The van der Waals surface area contributed by atoms with E-state index in [4.69, 9.17) is 4.74 Å². The molecule has 4 aromatic rings. The van der Waals surface area contributed by atoms with Gasteiger partial charge in [-0.1, -0.05) is 48.2 Å². The molecule has 3 aromatic carbocycles. The van der Waals surface area contributed by atoms with Gasteiger partial charge in [0.05, 0.1) is 10.2 Å². The SMILES string of the molecule is CC(Sc1nnc(COc2ccc([N+](=O)[O-])cc2)n1-c1ccccc1)C(=O)Nc1ccccc1. The number of ether oxygens (including phenoxy) is 1. The number of non-ortho nitro benzene ring substituents is 1. The summed E-state index contributed by atoms with van der Waals surface area (Å²) < 4.78 is 7.63. The third-order valence-corrected chi connectivity index (χ3v) is 5.87. The summed E-state index contributed by atoms with van der Waals surface area (Å²) in [5.74, 6) is 0.850. The lowest BCUT2D eigenvalue weighted by Crippen LogP contribution is -2.22. The van der Waals surface area contributed by atoms with Crippen LogP contribution in [0.2, 0.25) is 0 Å². The van der Waals surface area contributed by atoms with E-state index < -0.39 is 10.2 Å². The minimum absolute atomic E-state index is 0.0127. The zero-order valence-electron chi connectivity index (χ0n) is 18.2. The standard InChI is InChI=1S/C24H21N5O4S/c1-17(23(30)25-18-8-4-2-5-9-18)34-24-27-26-22(28(24)19-10-6-3-7-11-19)16-33-21-14-12-20(13-15-21)29(31)32/h2-15,17H,16H2,1H3,(H,25,30). The molecule has 1 N–H and O–H groups in total. The number of aromatic nitrogens is 3. The molecule has 1 heterocycles. The fourth-order valence-electron chi connectivity index (χ4n) is 3.10. The maximum Gasteiger partial charge on any atom is 0.269 e. The summed E-state index contributed by atoms with van der Waals surface area (Å²) in [6, 6.07) is 24.6. The van der Waals surface area contributed by atoms with Crippen molar-refractivity contribution >= 4 is 29.0 Å². The molecule has 0 radical (unpaired) electrons. The Balaban J connectivity index is 1.52. The highest BCUT2D eigenvalue weighted by molar-refractivity contribution is 8.00. The molecule has 4 rings (SSSR count). The van der Waals surface area contributed by atoms with Crippen LogP contribution in [0.4, 0.5) is 11.4 Å². The monoisotopic (exact) mass is 475 g/mol. The van der Waals surface area contributed by atoms with Crippen molar-refractivity contribution in [3.05, 3.63) is 101 Å². The maximum atomic E-state index is 12.7. The summed E-state index contributed by atoms with van der Waals surface area (Å²) >= 11 is 1.29. The van der Waals surface area contributed by atoms with Crippen molar-refractivity contribution < 1.29 is 14.5 Å². The van der Waals surface area contributed by atoms with Crippen LogP contribution in [0.3, 0.4) is 0 Å². The number of rotatable bonds is 9. The lowest BCUT2D eigenvalue weighted by molar-refractivity contribution is -0.384. The topological polar surface area (TPSA) is 112 Å². The number of nitro groups is 1. The van der Waals surface area contributed by atoms with E-state index in [0.29, 0.717) is 16.7 Å². The second kappa shape index (κ2) is 10.6. The van der Waals surface area contributed by atoms with E-state index in [1.54, 1.807) is 6.92 Å². The van der Waals surface area contributed by atoms with Crippen LogP contribution in [0.15, 0.2) is 90.1 Å². The van der Waals surface area contributed by atoms with Crippen LogP contribution >= 0.6 is 11.8 Å².